The van der Waals surface area contributed by atoms with Gasteiger partial charge >= 0.3 is 0 Å². The minimum atomic E-state index is 0.214. The third-order valence-corrected chi connectivity index (χ3v) is 3.16. The molecule has 1 nitrogen and oxygen atoms in total. The number of fused-ring (bicyclic) bond motifs is 1. The molecule has 0 heterocycles. The van der Waals surface area contributed by atoms with Crippen LogP contribution in [0.1, 0.15) is 41.3 Å². The molecule has 0 radical (unpaired) electrons. The zero-order chi connectivity index (χ0) is 10.1. The van der Waals surface area contributed by atoms with Crippen LogP contribution in [0, 0.1) is 0 Å². The second-order valence-electron chi connectivity index (χ2n) is 3.69. The van der Waals surface area contributed by atoms with Crippen molar-refractivity contribution in [3.8, 4) is 0 Å². The Labute approximate surface area is 89.1 Å². The van der Waals surface area contributed by atoms with E-state index in [1.54, 1.807) is 0 Å². The van der Waals surface area contributed by atoms with E-state index in [1.165, 1.54) is 11.1 Å². The van der Waals surface area contributed by atoms with Crippen LogP contribution in [-0.4, -0.2) is 5.78 Å². The van der Waals surface area contributed by atoms with Gasteiger partial charge in [-0.25, -0.2) is 0 Å². The Morgan fingerprint density at radius 2 is 2.14 bits per heavy atom. The SMILES string of the molecule is CCc1ccc(Cl)c2c1CCCC2=O. The molecule has 1 aromatic carbocycles. The number of carbonyl (C=O) groups is 1. The summed E-state index contributed by atoms with van der Waals surface area (Å²) < 4.78 is 0. The van der Waals surface area contributed by atoms with Gasteiger partial charge in [-0.1, -0.05) is 24.6 Å². The summed E-state index contributed by atoms with van der Waals surface area (Å²) in [4.78, 5) is 11.7. The van der Waals surface area contributed by atoms with Gasteiger partial charge in [0.1, 0.15) is 0 Å². The zero-order valence-corrected chi connectivity index (χ0v) is 9.03. The highest BCUT2D eigenvalue weighted by Gasteiger charge is 2.21. The Bertz CT molecular complexity index is 382. The summed E-state index contributed by atoms with van der Waals surface area (Å²) in [6.45, 7) is 2.11. The van der Waals surface area contributed by atoms with E-state index < -0.39 is 0 Å². The number of ketones is 1. The highest BCUT2D eigenvalue weighted by atomic mass is 35.5. The van der Waals surface area contributed by atoms with Crippen LogP contribution in [0.25, 0.3) is 0 Å². The molecule has 0 aliphatic heterocycles. The highest BCUT2D eigenvalue weighted by molar-refractivity contribution is 6.34. The van der Waals surface area contributed by atoms with Crippen molar-refractivity contribution in [2.24, 2.45) is 0 Å². The van der Waals surface area contributed by atoms with E-state index in [0.717, 1.165) is 24.8 Å². The van der Waals surface area contributed by atoms with Crippen molar-refractivity contribution in [3.63, 3.8) is 0 Å². The minimum absolute atomic E-state index is 0.214. The zero-order valence-electron chi connectivity index (χ0n) is 8.27. The Morgan fingerprint density at radius 1 is 1.36 bits per heavy atom. The van der Waals surface area contributed by atoms with Crippen molar-refractivity contribution >= 4 is 17.4 Å². The Hall–Kier alpha value is -0.820. The van der Waals surface area contributed by atoms with Crippen molar-refractivity contribution in [2.45, 2.75) is 32.6 Å². The topological polar surface area (TPSA) is 17.1 Å². The molecular formula is C12H13ClO. The molecule has 2 heteroatoms. The highest BCUT2D eigenvalue weighted by Crippen LogP contribution is 2.30. The van der Waals surface area contributed by atoms with Crippen molar-refractivity contribution in [3.05, 3.63) is 33.8 Å². The van der Waals surface area contributed by atoms with E-state index in [1.807, 2.05) is 12.1 Å². The smallest absolute Gasteiger partial charge is 0.164 e. The molecule has 0 saturated carbocycles. The fourth-order valence-electron chi connectivity index (χ4n) is 2.13. The monoisotopic (exact) mass is 208 g/mol. The van der Waals surface area contributed by atoms with E-state index in [9.17, 15) is 4.79 Å². The van der Waals surface area contributed by atoms with E-state index in [4.69, 9.17) is 11.6 Å². The fraction of sp³-hybridized carbons (Fsp3) is 0.417. The molecule has 0 N–H and O–H groups in total. The van der Waals surface area contributed by atoms with Gasteiger partial charge < -0.3 is 0 Å². The van der Waals surface area contributed by atoms with E-state index >= 15 is 0 Å². The number of benzene rings is 1. The Morgan fingerprint density at radius 3 is 2.86 bits per heavy atom. The van der Waals surface area contributed by atoms with Gasteiger partial charge in [0.05, 0.1) is 5.02 Å². The fourth-order valence-corrected chi connectivity index (χ4v) is 2.41. The summed E-state index contributed by atoms with van der Waals surface area (Å²) >= 11 is 6.05. The summed E-state index contributed by atoms with van der Waals surface area (Å²) in [5.74, 6) is 0.214. The molecule has 2 rings (SSSR count). The van der Waals surface area contributed by atoms with Crippen molar-refractivity contribution in [2.75, 3.05) is 0 Å². The molecule has 0 fully saturated rings. The lowest BCUT2D eigenvalue weighted by atomic mass is 9.86. The maximum Gasteiger partial charge on any atom is 0.164 e. The second kappa shape index (κ2) is 3.74. The van der Waals surface area contributed by atoms with Crippen LogP contribution >= 0.6 is 11.6 Å². The first-order valence-corrected chi connectivity index (χ1v) is 5.45. The number of rotatable bonds is 1. The maximum atomic E-state index is 11.7. The number of hydrogen-bond acceptors (Lipinski definition) is 1. The molecule has 1 aliphatic rings. The third kappa shape index (κ3) is 1.46. The molecule has 0 amide bonds. The number of aryl methyl sites for hydroxylation is 1. The summed E-state index contributed by atoms with van der Waals surface area (Å²) in [5, 5.41) is 0.627. The molecule has 0 spiro atoms. The number of hydrogen-bond donors (Lipinski definition) is 0. The van der Waals surface area contributed by atoms with Gasteiger partial charge in [-0.3, -0.25) is 4.79 Å². The Kier molecular flexibility index (Phi) is 2.60. The van der Waals surface area contributed by atoms with Gasteiger partial charge in [0.25, 0.3) is 0 Å². The molecule has 1 aromatic rings. The lowest BCUT2D eigenvalue weighted by Crippen LogP contribution is -2.13. The van der Waals surface area contributed by atoms with Crippen LogP contribution in [-0.2, 0) is 12.8 Å². The molecular weight excluding hydrogens is 196 g/mol. The van der Waals surface area contributed by atoms with Gasteiger partial charge in [0.2, 0.25) is 0 Å². The number of carbonyl (C=O) groups excluding carboxylic acids is 1. The van der Waals surface area contributed by atoms with Crippen molar-refractivity contribution in [1.29, 1.82) is 0 Å². The number of Topliss-reactive ketones (excluding diaryl/α,β-unsaturated/α-hetero) is 1. The third-order valence-electron chi connectivity index (χ3n) is 2.85. The van der Waals surface area contributed by atoms with Gasteiger partial charge in [0.15, 0.2) is 5.78 Å². The first kappa shape index (κ1) is 9.72. The molecule has 14 heavy (non-hydrogen) atoms. The molecule has 0 aromatic heterocycles. The second-order valence-corrected chi connectivity index (χ2v) is 4.10. The lowest BCUT2D eigenvalue weighted by molar-refractivity contribution is 0.0972. The van der Waals surface area contributed by atoms with Crippen LogP contribution in [0.15, 0.2) is 12.1 Å². The molecule has 1 aliphatic carbocycles. The molecule has 0 atom stereocenters. The van der Waals surface area contributed by atoms with E-state index in [0.29, 0.717) is 11.4 Å². The van der Waals surface area contributed by atoms with Crippen LogP contribution in [0.2, 0.25) is 5.02 Å². The maximum absolute atomic E-state index is 11.7. The van der Waals surface area contributed by atoms with Crippen LogP contribution in [0.5, 0.6) is 0 Å². The van der Waals surface area contributed by atoms with Crippen molar-refractivity contribution < 1.29 is 4.79 Å². The Balaban J connectivity index is 2.63. The largest absolute Gasteiger partial charge is 0.294 e. The first-order chi connectivity index (χ1) is 6.74. The molecule has 74 valence electrons. The summed E-state index contributed by atoms with van der Waals surface area (Å²) in [7, 11) is 0. The minimum Gasteiger partial charge on any atom is -0.294 e. The van der Waals surface area contributed by atoms with Crippen LogP contribution in [0.3, 0.4) is 0 Å². The van der Waals surface area contributed by atoms with Crippen molar-refractivity contribution in [1.82, 2.24) is 0 Å². The predicted octanol–water partition coefficient (Wildman–Crippen LogP) is 3.42. The van der Waals surface area contributed by atoms with Crippen LogP contribution < -0.4 is 0 Å². The molecule has 0 bridgehead atoms. The predicted molar refractivity (Wildman–Crippen MR) is 58.1 cm³/mol. The first-order valence-electron chi connectivity index (χ1n) is 5.07. The van der Waals surface area contributed by atoms with Crippen LogP contribution in [0.4, 0.5) is 0 Å². The van der Waals surface area contributed by atoms with Gasteiger partial charge in [-0.05, 0) is 36.5 Å². The normalized spacial score (nSPS) is 15.4. The summed E-state index contributed by atoms with van der Waals surface area (Å²) in [6, 6.07) is 3.89. The number of halogens is 1. The quantitative estimate of drug-likeness (QED) is 0.691. The molecule has 0 saturated heterocycles. The average Bonchev–Trinajstić information content (AvgIpc) is 2.18. The lowest BCUT2D eigenvalue weighted by Gasteiger charge is -2.19. The average molecular weight is 209 g/mol. The standard InChI is InChI=1S/C12H13ClO/c1-2-8-6-7-10(13)12-9(8)4-3-5-11(12)14/h6-7H,2-5H2,1H3. The van der Waals surface area contributed by atoms with E-state index in [2.05, 4.69) is 6.92 Å². The van der Waals surface area contributed by atoms with Gasteiger partial charge in [-0.2, -0.15) is 0 Å². The van der Waals surface area contributed by atoms with Gasteiger partial charge in [-0.15, -0.1) is 0 Å². The summed E-state index contributed by atoms with van der Waals surface area (Å²) in [6.07, 6.45) is 3.61. The van der Waals surface area contributed by atoms with Gasteiger partial charge in [0, 0.05) is 12.0 Å². The summed E-state index contributed by atoms with van der Waals surface area (Å²) in [5.41, 5.74) is 3.26. The van der Waals surface area contributed by atoms with E-state index in [-0.39, 0.29) is 5.78 Å². The molecule has 0 unspecified atom stereocenters.